The van der Waals surface area contributed by atoms with Crippen molar-refractivity contribution in [3.05, 3.63) is 52.2 Å². The Labute approximate surface area is 193 Å². The van der Waals surface area contributed by atoms with Crippen LogP contribution in [0.4, 0.5) is 10.2 Å². The van der Waals surface area contributed by atoms with Crippen molar-refractivity contribution in [2.45, 2.75) is 43.9 Å². The van der Waals surface area contributed by atoms with E-state index in [0.717, 1.165) is 50.4 Å². The summed E-state index contributed by atoms with van der Waals surface area (Å²) in [5.41, 5.74) is 2.47. The molecule has 0 saturated carbocycles. The number of aromatic nitrogens is 2. The summed E-state index contributed by atoms with van der Waals surface area (Å²) in [4.78, 5) is 27.2. The molecule has 1 N–H and O–H groups in total. The molecule has 1 amide bonds. The first-order valence-electron chi connectivity index (χ1n) is 11.5. The molecule has 2 aromatic rings. The summed E-state index contributed by atoms with van der Waals surface area (Å²) in [5, 5.41) is 3.43. The minimum absolute atomic E-state index is 0.0884. The molecule has 1 atom stereocenters. The standard InChI is InChI=1S/C24H29ClFN5O/c1-16-2-5-20-21(16)22(29-15-28-20)30-10-12-31(13-11-30)23(32)24(6-8-27-9-7-24)17-3-4-18(25)19(26)14-17/h3-4,14-16,27H,2,5-13H2,1H3/t16-/m1/s1. The van der Waals surface area contributed by atoms with Gasteiger partial charge in [0.15, 0.2) is 0 Å². The summed E-state index contributed by atoms with van der Waals surface area (Å²) in [6.07, 6.45) is 5.11. The molecule has 170 valence electrons. The van der Waals surface area contributed by atoms with Gasteiger partial charge in [-0.15, -0.1) is 0 Å². The van der Waals surface area contributed by atoms with Crippen LogP contribution in [0.2, 0.25) is 5.02 Å². The van der Waals surface area contributed by atoms with Crippen molar-refractivity contribution in [1.29, 1.82) is 0 Å². The second-order valence-electron chi connectivity index (χ2n) is 9.24. The first-order chi connectivity index (χ1) is 15.5. The van der Waals surface area contributed by atoms with E-state index in [0.29, 0.717) is 31.8 Å². The Morgan fingerprint density at radius 3 is 2.66 bits per heavy atom. The van der Waals surface area contributed by atoms with Crippen LogP contribution in [-0.2, 0) is 16.6 Å². The van der Waals surface area contributed by atoms with Gasteiger partial charge in [0, 0.05) is 37.4 Å². The quantitative estimate of drug-likeness (QED) is 0.766. The fourth-order valence-electron chi connectivity index (χ4n) is 5.57. The van der Waals surface area contributed by atoms with Gasteiger partial charge in [0.25, 0.3) is 0 Å². The van der Waals surface area contributed by atoms with Crippen LogP contribution < -0.4 is 10.2 Å². The fourth-order valence-corrected chi connectivity index (χ4v) is 5.69. The number of amides is 1. The zero-order valence-electron chi connectivity index (χ0n) is 18.4. The minimum atomic E-state index is -0.705. The maximum atomic E-state index is 14.3. The smallest absolute Gasteiger partial charge is 0.233 e. The van der Waals surface area contributed by atoms with E-state index < -0.39 is 11.2 Å². The zero-order valence-corrected chi connectivity index (χ0v) is 19.2. The lowest BCUT2D eigenvalue weighted by Crippen LogP contribution is -2.57. The molecule has 0 radical (unpaired) electrons. The first kappa shape index (κ1) is 21.6. The molecule has 0 unspecified atom stereocenters. The van der Waals surface area contributed by atoms with E-state index in [9.17, 15) is 9.18 Å². The van der Waals surface area contributed by atoms with Crippen LogP contribution in [0.25, 0.3) is 0 Å². The highest BCUT2D eigenvalue weighted by atomic mass is 35.5. The van der Waals surface area contributed by atoms with E-state index >= 15 is 0 Å². The molecular formula is C24H29ClFN5O. The number of hydrogen-bond donors (Lipinski definition) is 1. The number of carbonyl (C=O) groups is 1. The highest BCUT2D eigenvalue weighted by Crippen LogP contribution is 2.39. The molecule has 2 saturated heterocycles. The number of benzene rings is 1. The van der Waals surface area contributed by atoms with Crippen molar-refractivity contribution in [2.24, 2.45) is 0 Å². The highest BCUT2D eigenvalue weighted by Gasteiger charge is 2.44. The second-order valence-corrected chi connectivity index (χ2v) is 9.64. The van der Waals surface area contributed by atoms with Crippen LogP contribution in [0, 0.1) is 5.82 Å². The molecule has 0 spiro atoms. The number of rotatable bonds is 3. The van der Waals surface area contributed by atoms with Gasteiger partial charge in [-0.05, 0) is 62.4 Å². The highest BCUT2D eigenvalue weighted by molar-refractivity contribution is 6.30. The summed E-state index contributed by atoms with van der Waals surface area (Å²) < 4.78 is 14.3. The number of anilines is 1. The third-order valence-corrected chi connectivity index (χ3v) is 7.76. The van der Waals surface area contributed by atoms with E-state index in [2.05, 4.69) is 27.1 Å². The van der Waals surface area contributed by atoms with Crippen molar-refractivity contribution in [3.63, 3.8) is 0 Å². The van der Waals surface area contributed by atoms with Crippen molar-refractivity contribution >= 4 is 23.3 Å². The number of nitrogens with zero attached hydrogens (tertiary/aromatic N) is 4. The minimum Gasteiger partial charge on any atom is -0.353 e. The largest absolute Gasteiger partial charge is 0.353 e. The van der Waals surface area contributed by atoms with E-state index in [4.69, 9.17) is 11.6 Å². The van der Waals surface area contributed by atoms with Gasteiger partial charge >= 0.3 is 0 Å². The molecule has 32 heavy (non-hydrogen) atoms. The predicted octanol–water partition coefficient (Wildman–Crippen LogP) is 3.29. The Morgan fingerprint density at radius 2 is 1.94 bits per heavy atom. The summed E-state index contributed by atoms with van der Waals surface area (Å²) >= 11 is 5.92. The summed E-state index contributed by atoms with van der Waals surface area (Å²) in [7, 11) is 0. The van der Waals surface area contributed by atoms with Crippen molar-refractivity contribution in [3.8, 4) is 0 Å². The Balaban J connectivity index is 1.36. The van der Waals surface area contributed by atoms with Gasteiger partial charge in [0.2, 0.25) is 5.91 Å². The number of hydrogen-bond acceptors (Lipinski definition) is 5. The zero-order chi connectivity index (χ0) is 22.3. The van der Waals surface area contributed by atoms with E-state index in [1.54, 1.807) is 12.4 Å². The summed E-state index contributed by atoms with van der Waals surface area (Å²) in [5.74, 6) is 1.13. The molecule has 5 rings (SSSR count). The number of nitrogens with one attached hydrogen (secondary N) is 1. The Bertz CT molecular complexity index is 1020. The van der Waals surface area contributed by atoms with Gasteiger partial charge < -0.3 is 15.1 Å². The van der Waals surface area contributed by atoms with Gasteiger partial charge in [0.05, 0.1) is 10.4 Å². The maximum absolute atomic E-state index is 14.3. The fraction of sp³-hybridized carbons (Fsp3) is 0.542. The Kier molecular flexibility index (Phi) is 5.80. The molecule has 1 aliphatic carbocycles. The molecule has 2 fully saturated rings. The van der Waals surface area contributed by atoms with Gasteiger partial charge in [0.1, 0.15) is 18.0 Å². The second kappa shape index (κ2) is 8.60. The third-order valence-electron chi connectivity index (χ3n) is 7.46. The maximum Gasteiger partial charge on any atom is 0.233 e. The third kappa shape index (κ3) is 3.65. The molecule has 3 aliphatic rings. The van der Waals surface area contributed by atoms with Crippen LogP contribution in [0.15, 0.2) is 24.5 Å². The summed E-state index contributed by atoms with van der Waals surface area (Å²) in [6, 6.07) is 4.84. The number of piperidine rings is 1. The average Bonchev–Trinajstić information content (AvgIpc) is 3.22. The predicted molar refractivity (Wildman–Crippen MR) is 123 cm³/mol. The van der Waals surface area contributed by atoms with E-state index in [1.807, 2.05) is 11.0 Å². The number of fused-ring (bicyclic) bond motifs is 1. The average molecular weight is 458 g/mol. The molecular weight excluding hydrogens is 429 g/mol. The van der Waals surface area contributed by atoms with E-state index in [1.165, 1.54) is 17.3 Å². The van der Waals surface area contributed by atoms with Crippen LogP contribution in [0.5, 0.6) is 0 Å². The van der Waals surface area contributed by atoms with Crippen LogP contribution in [0.1, 0.15) is 48.9 Å². The molecule has 1 aromatic heterocycles. The molecule has 0 bridgehead atoms. The number of aryl methyl sites for hydroxylation is 1. The van der Waals surface area contributed by atoms with Crippen LogP contribution >= 0.6 is 11.6 Å². The lowest BCUT2D eigenvalue weighted by molar-refractivity contribution is -0.139. The normalized spacial score (nSPS) is 22.7. The van der Waals surface area contributed by atoms with Gasteiger partial charge in [-0.2, -0.15) is 0 Å². The molecule has 8 heteroatoms. The Hall–Kier alpha value is -2.25. The Morgan fingerprint density at radius 1 is 1.19 bits per heavy atom. The van der Waals surface area contributed by atoms with Crippen molar-refractivity contribution in [2.75, 3.05) is 44.2 Å². The van der Waals surface area contributed by atoms with Gasteiger partial charge in [-0.3, -0.25) is 4.79 Å². The van der Waals surface area contributed by atoms with E-state index in [-0.39, 0.29) is 10.9 Å². The number of carbonyl (C=O) groups excluding carboxylic acids is 1. The first-order valence-corrected chi connectivity index (χ1v) is 11.9. The molecule has 6 nitrogen and oxygen atoms in total. The van der Waals surface area contributed by atoms with Crippen molar-refractivity contribution in [1.82, 2.24) is 20.2 Å². The van der Waals surface area contributed by atoms with Gasteiger partial charge in [-0.1, -0.05) is 24.6 Å². The topological polar surface area (TPSA) is 61.4 Å². The summed E-state index contributed by atoms with van der Waals surface area (Å²) in [6.45, 7) is 6.47. The molecule has 1 aromatic carbocycles. The lowest BCUT2D eigenvalue weighted by atomic mass is 9.72. The lowest BCUT2D eigenvalue weighted by Gasteiger charge is -2.43. The van der Waals surface area contributed by atoms with Gasteiger partial charge in [-0.25, -0.2) is 14.4 Å². The monoisotopic (exact) mass is 457 g/mol. The molecule has 2 aliphatic heterocycles. The van der Waals surface area contributed by atoms with Crippen LogP contribution in [0.3, 0.4) is 0 Å². The molecule has 3 heterocycles. The van der Waals surface area contributed by atoms with Crippen molar-refractivity contribution < 1.29 is 9.18 Å². The number of piperazine rings is 1. The number of halogens is 2. The SMILES string of the molecule is C[C@@H]1CCc2ncnc(N3CCN(C(=O)C4(c5ccc(Cl)c(F)c5)CCNCC4)CC3)c21. The van der Waals surface area contributed by atoms with Crippen LogP contribution in [-0.4, -0.2) is 60.0 Å².